The molecular formula is C13H12FN3S. The summed E-state index contributed by atoms with van der Waals surface area (Å²) in [6, 6.07) is 6.22. The molecule has 0 saturated heterocycles. The molecule has 1 unspecified atom stereocenters. The molecule has 0 bridgehead atoms. The maximum Gasteiger partial charge on any atom is 0.126 e. The van der Waals surface area contributed by atoms with Gasteiger partial charge in [-0.2, -0.15) is 5.26 Å². The Bertz CT molecular complexity index is 560. The zero-order valence-corrected chi connectivity index (χ0v) is 10.7. The Morgan fingerprint density at radius 1 is 1.50 bits per heavy atom. The van der Waals surface area contributed by atoms with E-state index in [0.717, 1.165) is 11.4 Å². The summed E-state index contributed by atoms with van der Waals surface area (Å²) >= 11 is 1.56. The van der Waals surface area contributed by atoms with Crippen LogP contribution in [-0.2, 0) is 0 Å². The molecule has 3 nitrogen and oxygen atoms in total. The number of nitriles is 1. The van der Waals surface area contributed by atoms with Crippen LogP contribution in [0.1, 0.15) is 30.0 Å². The fourth-order valence-electron chi connectivity index (χ4n) is 1.68. The first-order chi connectivity index (χ1) is 8.72. The number of nitrogens with one attached hydrogen (secondary N) is 1. The second-order valence-corrected chi connectivity index (χ2v) is 4.74. The van der Waals surface area contributed by atoms with Crippen molar-refractivity contribution >= 4 is 17.0 Å². The van der Waals surface area contributed by atoms with Gasteiger partial charge in [0.15, 0.2) is 0 Å². The molecular weight excluding hydrogens is 249 g/mol. The average molecular weight is 261 g/mol. The maximum absolute atomic E-state index is 13.3. The Hall–Kier alpha value is -1.93. The minimum atomic E-state index is -0.412. The minimum absolute atomic E-state index is 0.0401. The molecule has 0 aliphatic heterocycles. The van der Waals surface area contributed by atoms with Gasteiger partial charge in [0, 0.05) is 17.3 Å². The van der Waals surface area contributed by atoms with Crippen molar-refractivity contribution in [2.24, 2.45) is 0 Å². The van der Waals surface area contributed by atoms with Crippen molar-refractivity contribution in [3.8, 4) is 6.07 Å². The van der Waals surface area contributed by atoms with E-state index in [-0.39, 0.29) is 6.04 Å². The van der Waals surface area contributed by atoms with Crippen LogP contribution in [0.3, 0.4) is 0 Å². The molecule has 0 radical (unpaired) electrons. The van der Waals surface area contributed by atoms with Crippen molar-refractivity contribution in [3.05, 3.63) is 46.2 Å². The van der Waals surface area contributed by atoms with Crippen LogP contribution in [0.5, 0.6) is 0 Å². The van der Waals surface area contributed by atoms with E-state index in [0.29, 0.717) is 11.3 Å². The highest BCUT2D eigenvalue weighted by atomic mass is 32.1. The molecule has 1 aromatic heterocycles. The summed E-state index contributed by atoms with van der Waals surface area (Å²) in [4.78, 5) is 4.25. The predicted octanol–water partition coefficient (Wildman–Crippen LogP) is 3.72. The largest absolute Gasteiger partial charge is 0.376 e. The number of aromatic nitrogens is 1. The summed E-state index contributed by atoms with van der Waals surface area (Å²) in [7, 11) is 0. The van der Waals surface area contributed by atoms with Crippen molar-refractivity contribution < 1.29 is 4.39 Å². The van der Waals surface area contributed by atoms with Crippen molar-refractivity contribution in [2.45, 2.75) is 19.4 Å². The van der Waals surface area contributed by atoms with Gasteiger partial charge in [-0.1, -0.05) is 6.92 Å². The highest BCUT2D eigenvalue weighted by Gasteiger charge is 2.12. The van der Waals surface area contributed by atoms with Gasteiger partial charge in [-0.25, -0.2) is 9.37 Å². The number of anilines is 1. The van der Waals surface area contributed by atoms with Gasteiger partial charge in [0.1, 0.15) is 10.8 Å². The van der Waals surface area contributed by atoms with Crippen LogP contribution in [0, 0.1) is 17.1 Å². The second-order valence-electron chi connectivity index (χ2n) is 3.82. The molecule has 0 fully saturated rings. The number of nitrogens with zero attached hydrogens (tertiary/aromatic N) is 2. The van der Waals surface area contributed by atoms with Crippen LogP contribution in [0.2, 0.25) is 0 Å². The molecule has 18 heavy (non-hydrogen) atoms. The Morgan fingerprint density at radius 2 is 2.33 bits per heavy atom. The third-order valence-electron chi connectivity index (χ3n) is 2.53. The lowest BCUT2D eigenvalue weighted by Gasteiger charge is -2.16. The first kappa shape index (κ1) is 12.5. The third kappa shape index (κ3) is 2.84. The van der Waals surface area contributed by atoms with Crippen LogP contribution >= 0.6 is 11.3 Å². The van der Waals surface area contributed by atoms with Gasteiger partial charge in [-0.15, -0.1) is 11.3 Å². The number of thiazole rings is 1. The molecule has 0 aliphatic carbocycles. The molecule has 2 rings (SSSR count). The standard InChI is InChI=1S/C13H12FN3S/c1-2-12(13-16-3-4-18-13)17-11-6-9(8-15)5-10(14)7-11/h3-7,12,17H,2H2,1H3. The number of rotatable bonds is 4. The Kier molecular flexibility index (Phi) is 3.90. The van der Waals surface area contributed by atoms with Crippen LogP contribution in [-0.4, -0.2) is 4.98 Å². The van der Waals surface area contributed by atoms with Crippen molar-refractivity contribution in [3.63, 3.8) is 0 Å². The van der Waals surface area contributed by atoms with Crippen molar-refractivity contribution in [2.75, 3.05) is 5.32 Å². The lowest BCUT2D eigenvalue weighted by molar-refractivity contribution is 0.627. The number of hydrogen-bond donors (Lipinski definition) is 1. The summed E-state index contributed by atoms with van der Waals surface area (Å²) in [6.07, 6.45) is 2.59. The average Bonchev–Trinajstić information content (AvgIpc) is 2.89. The lowest BCUT2D eigenvalue weighted by atomic mass is 10.1. The molecule has 1 heterocycles. The van der Waals surface area contributed by atoms with Crippen molar-refractivity contribution in [1.29, 1.82) is 5.26 Å². The molecule has 2 aromatic rings. The van der Waals surface area contributed by atoms with E-state index in [1.54, 1.807) is 23.6 Å². The summed E-state index contributed by atoms with van der Waals surface area (Å²) < 4.78 is 13.3. The van der Waals surface area contributed by atoms with E-state index in [4.69, 9.17) is 5.26 Å². The quantitative estimate of drug-likeness (QED) is 0.912. The Morgan fingerprint density at radius 3 is 2.94 bits per heavy atom. The van der Waals surface area contributed by atoms with Gasteiger partial charge in [-0.05, 0) is 24.6 Å². The topological polar surface area (TPSA) is 48.7 Å². The molecule has 0 aliphatic rings. The van der Waals surface area contributed by atoms with E-state index in [1.165, 1.54) is 12.1 Å². The smallest absolute Gasteiger partial charge is 0.126 e. The van der Waals surface area contributed by atoms with Gasteiger partial charge in [0.25, 0.3) is 0 Å². The first-order valence-corrected chi connectivity index (χ1v) is 6.47. The highest BCUT2D eigenvalue weighted by molar-refractivity contribution is 7.09. The molecule has 1 N–H and O–H groups in total. The maximum atomic E-state index is 13.3. The monoisotopic (exact) mass is 261 g/mol. The van der Waals surface area contributed by atoms with Gasteiger partial charge in [-0.3, -0.25) is 0 Å². The fraction of sp³-hybridized carbons (Fsp3) is 0.231. The molecule has 0 amide bonds. The highest BCUT2D eigenvalue weighted by Crippen LogP contribution is 2.25. The first-order valence-electron chi connectivity index (χ1n) is 5.59. The Balaban J connectivity index is 2.22. The zero-order chi connectivity index (χ0) is 13.0. The fourth-order valence-corrected chi connectivity index (χ4v) is 2.46. The van der Waals surface area contributed by atoms with Crippen LogP contribution in [0.25, 0.3) is 0 Å². The third-order valence-corrected chi connectivity index (χ3v) is 3.41. The van der Waals surface area contributed by atoms with Crippen molar-refractivity contribution in [1.82, 2.24) is 4.98 Å². The zero-order valence-electron chi connectivity index (χ0n) is 9.85. The van der Waals surface area contributed by atoms with Gasteiger partial charge < -0.3 is 5.32 Å². The van der Waals surface area contributed by atoms with E-state index in [9.17, 15) is 4.39 Å². The number of hydrogen-bond acceptors (Lipinski definition) is 4. The number of benzene rings is 1. The van der Waals surface area contributed by atoms with Gasteiger partial charge in [0.2, 0.25) is 0 Å². The number of halogens is 1. The van der Waals surface area contributed by atoms with Gasteiger partial charge in [0.05, 0.1) is 17.7 Å². The van der Waals surface area contributed by atoms with E-state index in [2.05, 4.69) is 10.3 Å². The Labute approximate surface area is 109 Å². The van der Waals surface area contributed by atoms with E-state index < -0.39 is 5.82 Å². The minimum Gasteiger partial charge on any atom is -0.376 e. The molecule has 1 atom stereocenters. The van der Waals surface area contributed by atoms with Crippen LogP contribution < -0.4 is 5.32 Å². The molecule has 5 heteroatoms. The molecule has 0 saturated carbocycles. The van der Waals surface area contributed by atoms with Crippen LogP contribution in [0.15, 0.2) is 29.8 Å². The molecule has 0 spiro atoms. The molecule has 1 aromatic carbocycles. The summed E-state index contributed by atoms with van der Waals surface area (Å²) in [5, 5.41) is 14.9. The summed E-state index contributed by atoms with van der Waals surface area (Å²) in [5.41, 5.74) is 0.917. The summed E-state index contributed by atoms with van der Waals surface area (Å²) in [5.74, 6) is -0.412. The lowest BCUT2D eigenvalue weighted by Crippen LogP contribution is -2.09. The second kappa shape index (κ2) is 5.61. The van der Waals surface area contributed by atoms with E-state index >= 15 is 0 Å². The normalized spacial score (nSPS) is 11.8. The van der Waals surface area contributed by atoms with E-state index in [1.807, 2.05) is 18.4 Å². The summed E-state index contributed by atoms with van der Waals surface area (Å²) in [6.45, 7) is 2.03. The predicted molar refractivity (Wildman–Crippen MR) is 69.9 cm³/mol. The van der Waals surface area contributed by atoms with Crippen LogP contribution in [0.4, 0.5) is 10.1 Å². The van der Waals surface area contributed by atoms with Gasteiger partial charge >= 0.3 is 0 Å². The SMILES string of the molecule is CCC(Nc1cc(F)cc(C#N)c1)c1nccs1. The molecule has 92 valence electrons.